The summed E-state index contributed by atoms with van der Waals surface area (Å²) in [6.07, 6.45) is 3.75. The third kappa shape index (κ3) is 13.5. The number of hydrogen-bond acceptors (Lipinski definition) is 6. The molecule has 0 spiro atoms. The second-order valence-corrected chi connectivity index (χ2v) is 5.84. The number of carbonyl (C=O) groups is 1. The second-order valence-electron chi connectivity index (χ2n) is 5.84. The fraction of sp³-hybridized carbons (Fsp3) is 0.800. The van der Waals surface area contributed by atoms with Crippen LogP contribution in [0.3, 0.4) is 0 Å². The van der Waals surface area contributed by atoms with Crippen molar-refractivity contribution < 1.29 is 24.2 Å². The quantitative estimate of drug-likeness (QED) is 0.308. The summed E-state index contributed by atoms with van der Waals surface area (Å²) in [6, 6.07) is 0. The first-order valence-corrected chi connectivity index (χ1v) is 7.56. The summed E-state index contributed by atoms with van der Waals surface area (Å²) in [5.41, 5.74) is 2.50. The number of unbranched alkanes of at least 4 members (excludes halogenated alkanes) is 1. The summed E-state index contributed by atoms with van der Waals surface area (Å²) >= 11 is 0. The lowest BCUT2D eigenvalue weighted by atomic mass is 10.2. The van der Waals surface area contributed by atoms with E-state index >= 15 is 0 Å². The molecule has 0 aliphatic carbocycles. The van der Waals surface area contributed by atoms with Crippen LogP contribution in [0.4, 0.5) is 4.79 Å². The molecule has 0 radical (unpaired) electrons. The molecule has 0 atom stereocenters. The molecule has 0 saturated carbocycles. The van der Waals surface area contributed by atoms with Gasteiger partial charge in [0.15, 0.2) is 0 Å². The summed E-state index contributed by atoms with van der Waals surface area (Å²) in [6.45, 7) is 7.17. The van der Waals surface area contributed by atoms with Gasteiger partial charge in [-0.3, -0.25) is 4.84 Å². The molecular formula is C15H30N2O5. The van der Waals surface area contributed by atoms with Crippen LogP contribution in [0.25, 0.3) is 0 Å². The zero-order valence-corrected chi connectivity index (χ0v) is 14.1. The zero-order valence-electron chi connectivity index (χ0n) is 14.1. The van der Waals surface area contributed by atoms with Crippen molar-refractivity contribution in [1.82, 2.24) is 10.8 Å². The third-order valence-corrected chi connectivity index (χ3v) is 2.53. The highest BCUT2D eigenvalue weighted by Crippen LogP contribution is 2.06. The highest BCUT2D eigenvalue weighted by Gasteiger charge is 2.15. The Morgan fingerprint density at radius 1 is 1.18 bits per heavy atom. The van der Waals surface area contributed by atoms with E-state index < -0.39 is 11.7 Å². The van der Waals surface area contributed by atoms with Gasteiger partial charge < -0.3 is 19.9 Å². The zero-order chi connectivity index (χ0) is 16.8. The van der Waals surface area contributed by atoms with Gasteiger partial charge in [0.25, 0.3) is 0 Å². The van der Waals surface area contributed by atoms with Crippen LogP contribution in [0.5, 0.6) is 0 Å². The van der Waals surface area contributed by atoms with Crippen LogP contribution < -0.4 is 10.8 Å². The van der Waals surface area contributed by atoms with E-state index in [9.17, 15) is 4.79 Å². The lowest BCUT2D eigenvalue weighted by Crippen LogP contribution is -2.32. The Balaban J connectivity index is 3.51. The SMILES string of the molecule is COCCC/C(=C\O)NCCCCONC(=O)OC(C)(C)C. The molecule has 0 aromatic rings. The van der Waals surface area contributed by atoms with E-state index in [-0.39, 0.29) is 0 Å². The average molecular weight is 318 g/mol. The van der Waals surface area contributed by atoms with Gasteiger partial charge in [-0.15, -0.1) is 0 Å². The van der Waals surface area contributed by atoms with Crippen LogP contribution in [0.2, 0.25) is 0 Å². The lowest BCUT2D eigenvalue weighted by Gasteiger charge is -2.19. The number of rotatable bonds is 11. The fourth-order valence-electron chi connectivity index (χ4n) is 1.56. The van der Waals surface area contributed by atoms with E-state index in [1.165, 1.54) is 0 Å². The molecule has 1 amide bonds. The minimum absolute atomic E-state index is 0.406. The Bertz CT molecular complexity index is 326. The van der Waals surface area contributed by atoms with Gasteiger partial charge in [-0.1, -0.05) is 0 Å². The molecule has 0 aliphatic heterocycles. The van der Waals surface area contributed by atoms with E-state index in [0.717, 1.165) is 44.2 Å². The predicted molar refractivity (Wildman–Crippen MR) is 84.4 cm³/mol. The molecule has 3 N–H and O–H groups in total. The molecule has 0 aromatic carbocycles. The van der Waals surface area contributed by atoms with Crippen molar-refractivity contribution in [2.24, 2.45) is 0 Å². The van der Waals surface area contributed by atoms with Crippen LogP contribution in [-0.4, -0.2) is 43.7 Å². The number of allylic oxidation sites excluding steroid dienone is 1. The third-order valence-electron chi connectivity index (χ3n) is 2.53. The highest BCUT2D eigenvalue weighted by molar-refractivity contribution is 5.66. The largest absolute Gasteiger partial charge is 0.514 e. The molecule has 7 heteroatoms. The molecule has 7 nitrogen and oxygen atoms in total. The highest BCUT2D eigenvalue weighted by atomic mass is 16.7. The maximum Gasteiger partial charge on any atom is 0.431 e. The van der Waals surface area contributed by atoms with Gasteiger partial charge in [-0.25, -0.2) is 4.79 Å². The van der Waals surface area contributed by atoms with Crippen molar-refractivity contribution in [2.45, 2.75) is 52.1 Å². The van der Waals surface area contributed by atoms with Gasteiger partial charge in [0.05, 0.1) is 12.9 Å². The number of nitrogens with one attached hydrogen (secondary N) is 2. The van der Waals surface area contributed by atoms with Crippen molar-refractivity contribution in [3.63, 3.8) is 0 Å². The van der Waals surface area contributed by atoms with Crippen molar-refractivity contribution in [2.75, 3.05) is 26.9 Å². The average Bonchev–Trinajstić information content (AvgIpc) is 2.42. The van der Waals surface area contributed by atoms with Crippen molar-refractivity contribution >= 4 is 6.09 Å². The monoisotopic (exact) mass is 318 g/mol. The van der Waals surface area contributed by atoms with Gasteiger partial charge in [0.1, 0.15) is 5.60 Å². The van der Waals surface area contributed by atoms with Crippen LogP contribution in [0, 0.1) is 0 Å². The molecule has 0 fully saturated rings. The van der Waals surface area contributed by atoms with E-state index in [1.807, 2.05) is 0 Å². The van der Waals surface area contributed by atoms with Crippen LogP contribution >= 0.6 is 0 Å². The number of hydrogen-bond donors (Lipinski definition) is 3. The first-order chi connectivity index (χ1) is 10.4. The molecular weight excluding hydrogens is 288 g/mol. The van der Waals surface area contributed by atoms with Gasteiger partial charge in [-0.2, -0.15) is 5.48 Å². The Kier molecular flexibility index (Phi) is 11.3. The van der Waals surface area contributed by atoms with Gasteiger partial charge in [-0.05, 0) is 46.5 Å². The maximum atomic E-state index is 11.3. The maximum absolute atomic E-state index is 11.3. The number of amides is 1. The molecule has 130 valence electrons. The molecule has 0 saturated heterocycles. The second kappa shape index (κ2) is 12.1. The smallest absolute Gasteiger partial charge is 0.431 e. The number of methoxy groups -OCH3 is 1. The Morgan fingerprint density at radius 2 is 1.91 bits per heavy atom. The topological polar surface area (TPSA) is 89.0 Å². The normalized spacial score (nSPS) is 12.1. The Hall–Kier alpha value is -1.47. The van der Waals surface area contributed by atoms with Crippen LogP contribution in [0.15, 0.2) is 12.0 Å². The predicted octanol–water partition coefficient (Wildman–Crippen LogP) is 2.64. The summed E-state index contributed by atoms with van der Waals surface area (Å²) < 4.78 is 9.98. The van der Waals surface area contributed by atoms with Gasteiger partial charge >= 0.3 is 6.09 Å². The van der Waals surface area contributed by atoms with E-state index in [4.69, 9.17) is 19.4 Å². The molecule has 0 aromatic heterocycles. The minimum Gasteiger partial charge on any atom is -0.514 e. The Morgan fingerprint density at radius 3 is 2.50 bits per heavy atom. The molecule has 0 aliphatic rings. The molecule has 22 heavy (non-hydrogen) atoms. The van der Waals surface area contributed by atoms with Crippen molar-refractivity contribution in [1.29, 1.82) is 0 Å². The summed E-state index contributed by atoms with van der Waals surface area (Å²) in [4.78, 5) is 16.3. The number of hydroxylamine groups is 1. The number of aliphatic hydroxyl groups excluding tert-OH is 1. The van der Waals surface area contributed by atoms with Gasteiger partial charge in [0, 0.05) is 26.0 Å². The van der Waals surface area contributed by atoms with Crippen molar-refractivity contribution in [3.05, 3.63) is 12.0 Å². The number of carbonyl (C=O) groups excluding carboxylic acids is 1. The fourth-order valence-corrected chi connectivity index (χ4v) is 1.56. The van der Waals surface area contributed by atoms with Crippen molar-refractivity contribution in [3.8, 4) is 0 Å². The van der Waals surface area contributed by atoms with Crippen LogP contribution in [-0.2, 0) is 14.3 Å². The molecule has 0 unspecified atom stereocenters. The number of ether oxygens (including phenoxy) is 2. The van der Waals surface area contributed by atoms with E-state index in [2.05, 4.69) is 10.8 Å². The molecule has 0 bridgehead atoms. The number of aliphatic hydroxyl groups is 1. The lowest BCUT2D eigenvalue weighted by molar-refractivity contribution is -0.00847. The first-order valence-electron chi connectivity index (χ1n) is 7.56. The van der Waals surface area contributed by atoms with Gasteiger partial charge in [0.2, 0.25) is 0 Å². The molecule has 0 rings (SSSR count). The summed E-state index contributed by atoms with van der Waals surface area (Å²) in [5.74, 6) is 0. The standard InChI is InChI=1S/C15H30N2O5/c1-15(2,3)22-14(19)17-21-11-6-5-9-16-13(12-18)8-7-10-20-4/h12,16,18H,5-11H2,1-4H3,(H,17,19)/b13-12+. The van der Waals surface area contributed by atoms with Crippen LogP contribution in [0.1, 0.15) is 46.5 Å². The summed E-state index contributed by atoms with van der Waals surface area (Å²) in [7, 11) is 1.65. The first kappa shape index (κ1) is 20.5. The minimum atomic E-state index is -0.589. The van der Waals surface area contributed by atoms with E-state index in [1.54, 1.807) is 27.9 Å². The Labute approximate surface area is 133 Å². The molecule has 0 heterocycles. The van der Waals surface area contributed by atoms with E-state index in [0.29, 0.717) is 13.2 Å². The summed E-state index contributed by atoms with van der Waals surface area (Å²) in [5, 5.41) is 12.2.